The number of fused-ring (bicyclic) bond motifs is 3. The fourth-order valence-electron chi connectivity index (χ4n) is 4.74. The van der Waals surface area contributed by atoms with Gasteiger partial charge in [-0.3, -0.25) is 14.4 Å². The van der Waals surface area contributed by atoms with Gasteiger partial charge in [-0.15, -0.1) is 0 Å². The second-order valence-corrected chi connectivity index (χ2v) is 10.8. The lowest BCUT2D eigenvalue weighted by atomic mass is 9.95. The standard InChI is InChI=1S/C33H32FN3O6/c1-8-18(13-12-17(2)34)28-25(31(40)35-6)22-15-21(19-10-9-11-20(14-19)30(39)37-33(3,4)5)26-24(29(22)43-28)23(16-36-26)27(38)32(41)42-7/h8-16,36H,2H2,1,3-7H3,(H,35,40)(H,37,39)/b13-12-,18-8+. The minimum absolute atomic E-state index is 0.0335. The summed E-state index contributed by atoms with van der Waals surface area (Å²) in [6.07, 6.45) is 5.55. The Kier molecular flexibility index (Phi) is 8.52. The van der Waals surface area contributed by atoms with E-state index < -0.39 is 29.0 Å². The van der Waals surface area contributed by atoms with E-state index in [2.05, 4.69) is 26.9 Å². The van der Waals surface area contributed by atoms with E-state index in [1.54, 1.807) is 43.3 Å². The highest BCUT2D eigenvalue weighted by Gasteiger charge is 2.29. The summed E-state index contributed by atoms with van der Waals surface area (Å²) in [6.45, 7) is 10.6. The van der Waals surface area contributed by atoms with E-state index in [9.17, 15) is 23.6 Å². The molecular formula is C33H32FN3O6. The predicted octanol–water partition coefficient (Wildman–Crippen LogP) is 6.27. The number of halogens is 1. The molecule has 0 aliphatic carbocycles. The highest BCUT2D eigenvalue weighted by atomic mass is 19.1. The number of nitrogens with one attached hydrogen (secondary N) is 3. The Bertz CT molecular complexity index is 1870. The van der Waals surface area contributed by atoms with Crippen LogP contribution in [-0.4, -0.2) is 48.2 Å². The lowest BCUT2D eigenvalue weighted by Crippen LogP contribution is -2.40. The molecule has 0 bridgehead atoms. The van der Waals surface area contributed by atoms with Crippen LogP contribution in [0.25, 0.3) is 38.6 Å². The number of Topliss-reactive ketones (excluding diaryl/α,β-unsaturated/α-hetero) is 1. The van der Waals surface area contributed by atoms with Gasteiger partial charge >= 0.3 is 5.97 Å². The Labute approximate surface area is 247 Å². The van der Waals surface area contributed by atoms with Crippen molar-refractivity contribution in [2.45, 2.75) is 33.2 Å². The number of aromatic nitrogens is 1. The highest BCUT2D eigenvalue weighted by molar-refractivity contribution is 6.44. The molecule has 4 rings (SSSR count). The van der Waals surface area contributed by atoms with E-state index in [4.69, 9.17) is 4.42 Å². The Morgan fingerprint density at radius 2 is 1.81 bits per heavy atom. The number of hydrogen-bond donors (Lipinski definition) is 3. The number of ketones is 1. The van der Waals surface area contributed by atoms with Gasteiger partial charge in [-0.05, 0) is 63.6 Å². The third-order valence-corrected chi connectivity index (χ3v) is 6.62. The molecule has 0 atom stereocenters. The van der Waals surface area contributed by atoms with E-state index in [1.807, 2.05) is 20.8 Å². The monoisotopic (exact) mass is 585 g/mol. The number of methoxy groups -OCH3 is 1. The Hall–Kier alpha value is -5.25. The van der Waals surface area contributed by atoms with Crippen molar-refractivity contribution in [3.8, 4) is 11.1 Å². The average molecular weight is 586 g/mol. The van der Waals surface area contributed by atoms with Crippen LogP contribution in [0.1, 0.15) is 64.5 Å². The Balaban J connectivity index is 2.12. The van der Waals surface area contributed by atoms with Gasteiger partial charge in [0.15, 0.2) is 0 Å². The van der Waals surface area contributed by atoms with Crippen LogP contribution in [0, 0.1) is 0 Å². The van der Waals surface area contributed by atoms with Gasteiger partial charge in [0.25, 0.3) is 17.6 Å². The fraction of sp³-hybridized carbons (Fsp3) is 0.212. The summed E-state index contributed by atoms with van der Waals surface area (Å²) in [4.78, 5) is 54.8. The van der Waals surface area contributed by atoms with E-state index in [0.29, 0.717) is 33.2 Å². The number of carbonyl (C=O) groups is 4. The summed E-state index contributed by atoms with van der Waals surface area (Å²) in [5.74, 6) is -3.38. The highest BCUT2D eigenvalue weighted by Crippen LogP contribution is 2.42. The number of carbonyl (C=O) groups excluding carboxylic acids is 4. The van der Waals surface area contributed by atoms with Crippen LogP contribution in [0.15, 0.2) is 71.6 Å². The molecule has 0 unspecified atom stereocenters. The number of rotatable bonds is 8. The maximum atomic E-state index is 13.5. The first-order chi connectivity index (χ1) is 20.3. The summed E-state index contributed by atoms with van der Waals surface area (Å²) < 4.78 is 24.5. The SMILES string of the molecule is C=C(F)/C=C\C(=C/C)c1oc2c(cc(-c3cccc(C(=O)NC(C)(C)C)c3)c3[nH]cc(C(=O)C(=O)OC)c32)c1C(=O)NC. The number of allylic oxidation sites excluding steroid dienone is 5. The third kappa shape index (κ3) is 6.04. The molecule has 0 saturated heterocycles. The quantitative estimate of drug-likeness (QED) is 0.0968. The molecular weight excluding hydrogens is 553 g/mol. The molecule has 43 heavy (non-hydrogen) atoms. The molecule has 0 spiro atoms. The molecule has 0 aliphatic heterocycles. The number of aromatic amines is 1. The Morgan fingerprint density at radius 3 is 2.42 bits per heavy atom. The summed E-state index contributed by atoms with van der Waals surface area (Å²) in [5, 5.41) is 6.11. The summed E-state index contributed by atoms with van der Waals surface area (Å²) in [5.41, 5.74) is 2.09. The van der Waals surface area contributed by atoms with Crippen molar-refractivity contribution in [1.29, 1.82) is 0 Å². The molecule has 0 radical (unpaired) electrons. The molecule has 9 nitrogen and oxygen atoms in total. The minimum Gasteiger partial charge on any atom is -0.463 e. The number of esters is 1. The first kappa shape index (κ1) is 30.7. The van der Waals surface area contributed by atoms with Crippen molar-refractivity contribution in [2.24, 2.45) is 0 Å². The number of H-pyrrole nitrogens is 1. The van der Waals surface area contributed by atoms with Crippen molar-refractivity contribution in [3.63, 3.8) is 0 Å². The molecule has 2 aromatic heterocycles. The summed E-state index contributed by atoms with van der Waals surface area (Å²) in [7, 11) is 2.56. The summed E-state index contributed by atoms with van der Waals surface area (Å²) >= 11 is 0. The zero-order valence-corrected chi connectivity index (χ0v) is 24.7. The van der Waals surface area contributed by atoms with Crippen LogP contribution in [0.2, 0.25) is 0 Å². The first-order valence-corrected chi connectivity index (χ1v) is 13.4. The van der Waals surface area contributed by atoms with Crippen molar-refractivity contribution < 1.29 is 32.7 Å². The molecule has 2 amide bonds. The van der Waals surface area contributed by atoms with Gasteiger partial charge in [-0.2, -0.15) is 0 Å². The predicted molar refractivity (Wildman–Crippen MR) is 164 cm³/mol. The molecule has 222 valence electrons. The van der Waals surface area contributed by atoms with Crippen LogP contribution in [0.4, 0.5) is 4.39 Å². The van der Waals surface area contributed by atoms with Gasteiger partial charge in [0, 0.05) is 40.9 Å². The normalized spacial score (nSPS) is 12.1. The molecule has 2 heterocycles. The molecule has 0 saturated carbocycles. The van der Waals surface area contributed by atoms with Crippen LogP contribution in [0.5, 0.6) is 0 Å². The lowest BCUT2D eigenvalue weighted by Gasteiger charge is -2.20. The van der Waals surface area contributed by atoms with Crippen molar-refractivity contribution >= 4 is 51.0 Å². The second-order valence-electron chi connectivity index (χ2n) is 10.8. The third-order valence-electron chi connectivity index (χ3n) is 6.62. The van der Waals surface area contributed by atoms with E-state index >= 15 is 0 Å². The van der Waals surface area contributed by atoms with Gasteiger partial charge in [-0.25, -0.2) is 9.18 Å². The number of amides is 2. The number of ether oxygens (including phenoxy) is 1. The van der Waals surface area contributed by atoms with Gasteiger partial charge < -0.3 is 24.8 Å². The van der Waals surface area contributed by atoms with Crippen LogP contribution in [-0.2, 0) is 9.53 Å². The minimum atomic E-state index is -1.09. The van der Waals surface area contributed by atoms with Gasteiger partial charge in [0.1, 0.15) is 17.2 Å². The van der Waals surface area contributed by atoms with Crippen LogP contribution in [0.3, 0.4) is 0 Å². The van der Waals surface area contributed by atoms with E-state index in [0.717, 1.165) is 13.2 Å². The molecule has 3 N–H and O–H groups in total. The molecule has 0 aliphatic rings. The molecule has 2 aromatic carbocycles. The lowest BCUT2D eigenvalue weighted by molar-refractivity contribution is -0.135. The van der Waals surface area contributed by atoms with Crippen molar-refractivity contribution in [1.82, 2.24) is 15.6 Å². The molecule has 0 fully saturated rings. The largest absolute Gasteiger partial charge is 0.463 e. The first-order valence-electron chi connectivity index (χ1n) is 13.4. The van der Waals surface area contributed by atoms with Gasteiger partial charge in [-0.1, -0.05) is 24.8 Å². The van der Waals surface area contributed by atoms with Gasteiger partial charge in [0.05, 0.1) is 29.1 Å². The van der Waals surface area contributed by atoms with Crippen LogP contribution >= 0.6 is 0 Å². The maximum Gasteiger partial charge on any atom is 0.379 e. The number of furan rings is 1. The fourth-order valence-corrected chi connectivity index (χ4v) is 4.74. The smallest absolute Gasteiger partial charge is 0.379 e. The topological polar surface area (TPSA) is 130 Å². The van der Waals surface area contributed by atoms with Crippen molar-refractivity contribution in [3.05, 3.63) is 89.6 Å². The average Bonchev–Trinajstić information content (AvgIpc) is 3.57. The van der Waals surface area contributed by atoms with E-state index in [-0.39, 0.29) is 33.8 Å². The van der Waals surface area contributed by atoms with Crippen LogP contribution < -0.4 is 10.6 Å². The van der Waals surface area contributed by atoms with E-state index in [1.165, 1.54) is 19.3 Å². The maximum absolute atomic E-state index is 13.5. The Morgan fingerprint density at radius 1 is 1.09 bits per heavy atom. The second kappa shape index (κ2) is 11.9. The number of hydrogen-bond acceptors (Lipinski definition) is 6. The molecule has 4 aromatic rings. The van der Waals surface area contributed by atoms with Crippen molar-refractivity contribution in [2.75, 3.05) is 14.2 Å². The molecule has 10 heteroatoms. The summed E-state index contributed by atoms with van der Waals surface area (Å²) in [6, 6.07) is 8.59. The zero-order chi connectivity index (χ0) is 31.6. The zero-order valence-electron chi connectivity index (χ0n) is 24.7. The number of benzene rings is 2. The van der Waals surface area contributed by atoms with Gasteiger partial charge in [0.2, 0.25) is 0 Å².